The average molecular weight is 460 g/mol. The summed E-state index contributed by atoms with van der Waals surface area (Å²) in [5, 5.41) is 11.5. The molecule has 0 fully saturated rings. The van der Waals surface area contributed by atoms with Crippen molar-refractivity contribution in [2.24, 2.45) is 7.05 Å². The Morgan fingerprint density at radius 2 is 1.68 bits per heavy atom. The first-order valence-corrected chi connectivity index (χ1v) is 12.1. The molecule has 0 saturated carbocycles. The van der Waals surface area contributed by atoms with E-state index in [-0.39, 0.29) is 23.9 Å². The fourth-order valence-corrected chi connectivity index (χ4v) is 4.03. The molecule has 11 heteroatoms. The molecule has 31 heavy (non-hydrogen) atoms. The highest BCUT2D eigenvalue weighted by Crippen LogP contribution is 2.24. The Morgan fingerprint density at radius 1 is 1.00 bits per heavy atom. The van der Waals surface area contributed by atoms with Crippen LogP contribution in [0.1, 0.15) is 6.42 Å². The lowest BCUT2D eigenvalue weighted by Gasteiger charge is -2.06. The summed E-state index contributed by atoms with van der Waals surface area (Å²) >= 11 is 1.20. The Hall–Kier alpha value is -3.18. The molecule has 3 rings (SSSR count). The predicted octanol–water partition coefficient (Wildman–Crippen LogP) is 2.54. The van der Waals surface area contributed by atoms with Crippen molar-refractivity contribution in [3.05, 3.63) is 54.6 Å². The Kier molecular flexibility index (Phi) is 7.08. The number of nitrogens with one attached hydrogen (secondary N) is 2. The van der Waals surface area contributed by atoms with Gasteiger partial charge in [0.05, 0.1) is 18.4 Å². The van der Waals surface area contributed by atoms with E-state index in [4.69, 9.17) is 0 Å². The molecule has 0 saturated heterocycles. The molecule has 0 spiro atoms. The van der Waals surface area contributed by atoms with Crippen molar-refractivity contribution in [3.63, 3.8) is 0 Å². The molecule has 1 amide bonds. The monoisotopic (exact) mass is 459 g/mol. The van der Waals surface area contributed by atoms with Crippen LogP contribution in [0.2, 0.25) is 0 Å². The van der Waals surface area contributed by atoms with E-state index in [2.05, 4.69) is 20.2 Å². The van der Waals surface area contributed by atoms with Crippen LogP contribution in [0.15, 0.2) is 59.8 Å². The zero-order valence-electron chi connectivity index (χ0n) is 16.9. The molecule has 0 radical (unpaired) electrons. The normalized spacial score (nSPS) is 11.2. The van der Waals surface area contributed by atoms with Crippen LogP contribution in [-0.4, -0.2) is 46.9 Å². The Balaban J connectivity index is 1.56. The van der Waals surface area contributed by atoms with Gasteiger partial charge in [-0.3, -0.25) is 14.3 Å². The van der Waals surface area contributed by atoms with Crippen LogP contribution in [0, 0.1) is 0 Å². The molecule has 0 aliphatic rings. The number of hydrogen-bond acceptors (Lipinski definition) is 7. The summed E-state index contributed by atoms with van der Waals surface area (Å²) in [4.78, 5) is 24.1. The summed E-state index contributed by atoms with van der Waals surface area (Å²) in [6.07, 6.45) is 0.862. The van der Waals surface area contributed by atoms with Gasteiger partial charge in [0, 0.05) is 24.0 Å². The van der Waals surface area contributed by atoms with Crippen molar-refractivity contribution in [2.75, 3.05) is 22.0 Å². The molecular formula is C20H21N5O4S2. The number of anilines is 2. The number of ketones is 1. The minimum atomic E-state index is -3.35. The standard InChI is InChI=1S/C20H21N5O4S2/c1-25-19(14-8-10-16(11-9-14)24-31(2,28)29)22-23-20(25)30-13-17(26)12-18(27)21-15-6-4-3-5-7-15/h3-11,24H,12-13H2,1-2H3,(H,21,27). The fraction of sp³-hybridized carbons (Fsp3) is 0.200. The van der Waals surface area contributed by atoms with Crippen molar-refractivity contribution in [1.29, 1.82) is 0 Å². The number of Topliss-reactive ketones (excluding diaryl/α,β-unsaturated/α-hetero) is 1. The second-order valence-corrected chi connectivity index (χ2v) is 9.43. The first-order chi connectivity index (χ1) is 14.7. The van der Waals surface area contributed by atoms with Gasteiger partial charge in [-0.1, -0.05) is 30.0 Å². The number of rotatable bonds is 9. The van der Waals surface area contributed by atoms with Gasteiger partial charge < -0.3 is 9.88 Å². The van der Waals surface area contributed by atoms with E-state index in [1.807, 2.05) is 6.07 Å². The van der Waals surface area contributed by atoms with Gasteiger partial charge in [0.25, 0.3) is 0 Å². The first kappa shape index (κ1) is 22.5. The minimum Gasteiger partial charge on any atom is -0.326 e. The van der Waals surface area contributed by atoms with Gasteiger partial charge in [-0.2, -0.15) is 0 Å². The fourth-order valence-electron chi connectivity index (χ4n) is 2.70. The van der Waals surface area contributed by atoms with Crippen LogP contribution in [0.3, 0.4) is 0 Å². The summed E-state index contributed by atoms with van der Waals surface area (Å²) in [6, 6.07) is 15.7. The number of benzene rings is 2. The molecule has 9 nitrogen and oxygen atoms in total. The first-order valence-electron chi connectivity index (χ1n) is 9.18. The second-order valence-electron chi connectivity index (χ2n) is 6.74. The average Bonchev–Trinajstić information content (AvgIpc) is 3.07. The number of thioether (sulfide) groups is 1. The highest BCUT2D eigenvalue weighted by molar-refractivity contribution is 7.99. The maximum absolute atomic E-state index is 12.2. The zero-order valence-corrected chi connectivity index (χ0v) is 18.5. The smallest absolute Gasteiger partial charge is 0.231 e. The summed E-state index contributed by atoms with van der Waals surface area (Å²) < 4.78 is 26.7. The molecule has 0 atom stereocenters. The molecular weight excluding hydrogens is 438 g/mol. The Morgan fingerprint density at radius 3 is 2.32 bits per heavy atom. The quantitative estimate of drug-likeness (QED) is 0.372. The maximum Gasteiger partial charge on any atom is 0.231 e. The van der Waals surface area contributed by atoms with Crippen molar-refractivity contribution in [3.8, 4) is 11.4 Å². The molecule has 1 heterocycles. The lowest BCUT2D eigenvalue weighted by Crippen LogP contribution is -2.17. The van der Waals surface area contributed by atoms with Crippen molar-refractivity contribution in [1.82, 2.24) is 14.8 Å². The van der Waals surface area contributed by atoms with Gasteiger partial charge in [-0.25, -0.2) is 8.42 Å². The van der Waals surface area contributed by atoms with Gasteiger partial charge in [-0.05, 0) is 36.4 Å². The molecule has 0 bridgehead atoms. The molecule has 1 aromatic heterocycles. The van der Waals surface area contributed by atoms with E-state index in [0.717, 1.165) is 11.8 Å². The van der Waals surface area contributed by atoms with Crippen LogP contribution in [0.4, 0.5) is 11.4 Å². The van der Waals surface area contributed by atoms with Gasteiger partial charge in [0.1, 0.15) is 0 Å². The Labute approximate surface area is 184 Å². The lowest BCUT2D eigenvalue weighted by atomic mass is 10.2. The molecule has 3 aromatic rings. The third kappa shape index (κ3) is 6.66. The molecule has 2 aromatic carbocycles. The molecule has 0 aliphatic carbocycles. The number of sulfonamides is 1. The van der Waals surface area contributed by atoms with E-state index < -0.39 is 10.0 Å². The van der Waals surface area contributed by atoms with Crippen LogP contribution >= 0.6 is 11.8 Å². The van der Waals surface area contributed by atoms with Gasteiger partial charge in [0.15, 0.2) is 16.8 Å². The summed E-state index contributed by atoms with van der Waals surface area (Å²) in [6.45, 7) is 0. The summed E-state index contributed by atoms with van der Waals surface area (Å²) in [5.74, 6) is 0.0749. The van der Waals surface area contributed by atoms with Gasteiger partial charge in [-0.15, -0.1) is 10.2 Å². The topological polar surface area (TPSA) is 123 Å². The van der Waals surface area contributed by atoms with Crippen molar-refractivity contribution >= 4 is 44.9 Å². The van der Waals surface area contributed by atoms with E-state index in [9.17, 15) is 18.0 Å². The number of amides is 1. The van der Waals surface area contributed by atoms with Crippen LogP contribution in [0.5, 0.6) is 0 Å². The van der Waals surface area contributed by atoms with Crippen molar-refractivity contribution in [2.45, 2.75) is 11.6 Å². The largest absolute Gasteiger partial charge is 0.326 e. The zero-order chi connectivity index (χ0) is 22.4. The highest BCUT2D eigenvalue weighted by atomic mass is 32.2. The van der Waals surface area contributed by atoms with E-state index in [1.165, 1.54) is 11.8 Å². The summed E-state index contributed by atoms with van der Waals surface area (Å²) in [7, 11) is -1.58. The SMILES string of the molecule is Cn1c(SCC(=O)CC(=O)Nc2ccccc2)nnc1-c1ccc(NS(C)(=O)=O)cc1. The van der Waals surface area contributed by atoms with Gasteiger partial charge in [0.2, 0.25) is 15.9 Å². The second kappa shape index (κ2) is 9.75. The van der Waals surface area contributed by atoms with Gasteiger partial charge >= 0.3 is 0 Å². The number of carbonyl (C=O) groups is 2. The number of para-hydroxylation sites is 1. The Bertz CT molecular complexity index is 1180. The molecule has 0 unspecified atom stereocenters. The van der Waals surface area contributed by atoms with Crippen molar-refractivity contribution < 1.29 is 18.0 Å². The third-order valence-electron chi connectivity index (χ3n) is 4.06. The maximum atomic E-state index is 12.2. The lowest BCUT2D eigenvalue weighted by molar-refractivity contribution is -0.123. The van der Waals surface area contributed by atoms with Crippen LogP contribution in [0.25, 0.3) is 11.4 Å². The minimum absolute atomic E-state index is 0.0887. The number of carbonyl (C=O) groups excluding carboxylic acids is 2. The molecule has 162 valence electrons. The number of nitrogens with zero attached hydrogens (tertiary/aromatic N) is 3. The number of aromatic nitrogens is 3. The van der Waals surface area contributed by atoms with E-state index in [1.54, 1.807) is 60.1 Å². The van der Waals surface area contributed by atoms with Crippen LogP contribution < -0.4 is 10.0 Å². The van der Waals surface area contributed by atoms with E-state index in [0.29, 0.717) is 22.4 Å². The third-order valence-corrected chi connectivity index (χ3v) is 5.75. The highest BCUT2D eigenvalue weighted by Gasteiger charge is 2.15. The molecule has 2 N–H and O–H groups in total. The van der Waals surface area contributed by atoms with E-state index >= 15 is 0 Å². The summed E-state index contributed by atoms with van der Waals surface area (Å²) in [5.41, 5.74) is 1.83. The molecule has 0 aliphatic heterocycles. The number of hydrogen-bond donors (Lipinski definition) is 2. The van der Waals surface area contributed by atoms with Crippen LogP contribution in [-0.2, 0) is 26.7 Å². The predicted molar refractivity (Wildman–Crippen MR) is 120 cm³/mol.